The largest absolute Gasteiger partial charge is 0.356 e. The van der Waals surface area contributed by atoms with E-state index < -0.39 is 0 Å². The Labute approximate surface area is 159 Å². The summed E-state index contributed by atoms with van der Waals surface area (Å²) >= 11 is 0. The number of nitrogens with zero attached hydrogens (tertiary/aromatic N) is 2. The molecule has 138 valence electrons. The Morgan fingerprint density at radius 3 is 2.30 bits per heavy atom. The highest BCUT2D eigenvalue weighted by molar-refractivity contribution is 5.77. The fourth-order valence-electron chi connectivity index (χ4n) is 3.71. The Morgan fingerprint density at radius 1 is 0.963 bits per heavy atom. The molecule has 0 bridgehead atoms. The lowest BCUT2D eigenvalue weighted by molar-refractivity contribution is -0.130. The number of amides is 1. The zero-order valence-corrected chi connectivity index (χ0v) is 15.6. The van der Waals surface area contributed by atoms with Crippen LogP contribution in [-0.2, 0) is 11.2 Å². The van der Waals surface area contributed by atoms with Crippen molar-refractivity contribution in [3.8, 4) is 22.5 Å². The number of benzene rings is 2. The lowest BCUT2D eigenvalue weighted by Gasteiger charge is -2.14. The third-order valence-corrected chi connectivity index (χ3v) is 5.29. The number of carbonyl (C=O) groups is 1. The van der Waals surface area contributed by atoms with E-state index >= 15 is 0 Å². The first-order valence-corrected chi connectivity index (χ1v) is 9.61. The molecule has 2 heterocycles. The predicted octanol–water partition coefficient (Wildman–Crippen LogP) is 4.87. The van der Waals surface area contributed by atoms with E-state index in [4.69, 9.17) is 4.52 Å². The van der Waals surface area contributed by atoms with Crippen LogP contribution >= 0.6 is 0 Å². The summed E-state index contributed by atoms with van der Waals surface area (Å²) in [5.74, 6) is 1.01. The Morgan fingerprint density at radius 2 is 1.59 bits per heavy atom. The Bertz CT molecular complexity index is 907. The monoisotopic (exact) mass is 360 g/mol. The third-order valence-electron chi connectivity index (χ3n) is 5.29. The highest BCUT2D eigenvalue weighted by Gasteiger charge is 2.20. The minimum atomic E-state index is 0.235. The van der Waals surface area contributed by atoms with Crippen LogP contribution in [0, 0.1) is 6.92 Å². The highest BCUT2D eigenvalue weighted by Crippen LogP contribution is 2.30. The van der Waals surface area contributed by atoms with Gasteiger partial charge >= 0.3 is 0 Å². The third kappa shape index (κ3) is 3.80. The zero-order chi connectivity index (χ0) is 18.6. The number of hydrogen-bond donors (Lipinski definition) is 0. The van der Waals surface area contributed by atoms with Crippen LogP contribution in [-0.4, -0.2) is 29.1 Å². The van der Waals surface area contributed by atoms with E-state index in [1.54, 1.807) is 0 Å². The number of likely N-dealkylation sites (tertiary alicyclic amines) is 1. The normalized spacial score (nSPS) is 13.9. The maximum absolute atomic E-state index is 12.4. The minimum Gasteiger partial charge on any atom is -0.356 e. The first-order chi connectivity index (χ1) is 13.2. The summed E-state index contributed by atoms with van der Waals surface area (Å²) in [6.45, 7) is 3.74. The summed E-state index contributed by atoms with van der Waals surface area (Å²) in [6.07, 6.45) is 3.42. The summed E-state index contributed by atoms with van der Waals surface area (Å²) in [5, 5.41) is 4.15. The average Bonchev–Trinajstić information content (AvgIpc) is 3.37. The Hall–Kier alpha value is -2.88. The average molecular weight is 360 g/mol. The fourth-order valence-corrected chi connectivity index (χ4v) is 3.71. The zero-order valence-electron chi connectivity index (χ0n) is 15.6. The van der Waals surface area contributed by atoms with Crippen molar-refractivity contribution in [2.75, 3.05) is 13.1 Å². The number of hydrogen-bond acceptors (Lipinski definition) is 3. The van der Waals surface area contributed by atoms with Gasteiger partial charge in [-0.3, -0.25) is 4.79 Å². The molecule has 3 aromatic rings. The topological polar surface area (TPSA) is 46.3 Å². The summed E-state index contributed by atoms with van der Waals surface area (Å²) in [4.78, 5) is 14.3. The molecular formula is C23H24N2O2. The van der Waals surface area contributed by atoms with Gasteiger partial charge in [0.05, 0.1) is 5.69 Å². The van der Waals surface area contributed by atoms with E-state index in [9.17, 15) is 4.79 Å². The van der Waals surface area contributed by atoms with Crippen LogP contribution in [0.1, 0.15) is 30.5 Å². The lowest BCUT2D eigenvalue weighted by Crippen LogP contribution is -2.27. The quantitative estimate of drug-likeness (QED) is 0.652. The molecule has 4 nitrogen and oxygen atoms in total. The van der Waals surface area contributed by atoms with E-state index in [1.807, 2.05) is 30.0 Å². The van der Waals surface area contributed by atoms with Crippen molar-refractivity contribution in [2.24, 2.45) is 0 Å². The van der Waals surface area contributed by atoms with Crippen LogP contribution in [0.5, 0.6) is 0 Å². The smallest absolute Gasteiger partial charge is 0.222 e. The number of aryl methyl sites for hydroxylation is 1. The minimum absolute atomic E-state index is 0.235. The number of rotatable bonds is 5. The maximum atomic E-state index is 12.4. The van der Waals surface area contributed by atoms with Gasteiger partial charge in [-0.25, -0.2) is 0 Å². The van der Waals surface area contributed by atoms with Crippen LogP contribution in [0.4, 0.5) is 0 Å². The van der Waals surface area contributed by atoms with Crippen LogP contribution in [0.25, 0.3) is 22.5 Å². The second-order valence-electron chi connectivity index (χ2n) is 7.11. The van der Waals surface area contributed by atoms with Crippen LogP contribution in [0.3, 0.4) is 0 Å². The van der Waals surface area contributed by atoms with Gasteiger partial charge in [-0.05, 0) is 37.3 Å². The predicted molar refractivity (Wildman–Crippen MR) is 106 cm³/mol. The van der Waals surface area contributed by atoms with Gasteiger partial charge in [0.15, 0.2) is 5.76 Å². The molecule has 4 rings (SSSR count). The van der Waals surface area contributed by atoms with Crippen LogP contribution in [0.2, 0.25) is 0 Å². The van der Waals surface area contributed by atoms with Crippen LogP contribution in [0.15, 0.2) is 59.1 Å². The van der Waals surface area contributed by atoms with Crippen LogP contribution < -0.4 is 0 Å². The molecule has 0 saturated carbocycles. The van der Waals surface area contributed by atoms with Gasteiger partial charge in [0.2, 0.25) is 5.91 Å². The molecule has 1 aliphatic heterocycles. The molecule has 0 unspecified atom stereocenters. The van der Waals surface area contributed by atoms with Crippen molar-refractivity contribution in [2.45, 2.75) is 32.6 Å². The van der Waals surface area contributed by atoms with E-state index in [2.05, 4.69) is 41.6 Å². The van der Waals surface area contributed by atoms with Crippen molar-refractivity contribution in [3.63, 3.8) is 0 Å². The van der Waals surface area contributed by atoms with Gasteiger partial charge in [-0.1, -0.05) is 59.8 Å². The summed E-state index contributed by atoms with van der Waals surface area (Å²) < 4.78 is 5.61. The maximum Gasteiger partial charge on any atom is 0.222 e. The first-order valence-electron chi connectivity index (χ1n) is 9.61. The van der Waals surface area contributed by atoms with E-state index in [0.29, 0.717) is 12.8 Å². The van der Waals surface area contributed by atoms with E-state index in [0.717, 1.165) is 48.5 Å². The van der Waals surface area contributed by atoms with Gasteiger partial charge in [-0.2, -0.15) is 0 Å². The fraction of sp³-hybridized carbons (Fsp3) is 0.304. The van der Waals surface area contributed by atoms with Crippen molar-refractivity contribution >= 4 is 5.91 Å². The van der Waals surface area contributed by atoms with Crippen molar-refractivity contribution in [1.82, 2.24) is 10.1 Å². The van der Waals surface area contributed by atoms with Crippen molar-refractivity contribution in [3.05, 3.63) is 65.9 Å². The molecule has 0 spiro atoms. The standard InChI is InChI=1S/C23H24N2O2/c1-17-21(13-14-22(26)25-15-5-6-16-25)23(27-24-17)20-11-9-19(10-12-20)18-7-3-2-4-8-18/h2-4,7-12H,5-6,13-16H2,1H3. The molecule has 1 saturated heterocycles. The van der Waals surface area contributed by atoms with Gasteiger partial charge < -0.3 is 9.42 Å². The Kier molecular flexibility index (Phi) is 5.05. The molecule has 0 N–H and O–H groups in total. The van der Waals surface area contributed by atoms with Gasteiger partial charge in [0, 0.05) is 30.6 Å². The second-order valence-corrected chi connectivity index (χ2v) is 7.11. The Balaban J connectivity index is 1.51. The second kappa shape index (κ2) is 7.78. The van der Waals surface area contributed by atoms with Crippen molar-refractivity contribution in [1.29, 1.82) is 0 Å². The number of carbonyl (C=O) groups excluding carboxylic acids is 1. The van der Waals surface area contributed by atoms with Crippen molar-refractivity contribution < 1.29 is 9.32 Å². The molecule has 1 aliphatic rings. The van der Waals surface area contributed by atoms with Gasteiger partial charge in [0.25, 0.3) is 0 Å². The summed E-state index contributed by atoms with van der Waals surface area (Å²) in [6, 6.07) is 18.6. The molecule has 1 amide bonds. The van der Waals surface area contributed by atoms with E-state index in [-0.39, 0.29) is 5.91 Å². The molecule has 2 aromatic carbocycles. The molecule has 27 heavy (non-hydrogen) atoms. The SMILES string of the molecule is Cc1noc(-c2ccc(-c3ccccc3)cc2)c1CCC(=O)N1CCCC1. The molecule has 4 heteroatoms. The molecule has 0 atom stereocenters. The molecule has 1 fully saturated rings. The summed E-state index contributed by atoms with van der Waals surface area (Å²) in [5.41, 5.74) is 5.26. The van der Waals surface area contributed by atoms with Gasteiger partial charge in [0.1, 0.15) is 0 Å². The molecule has 0 radical (unpaired) electrons. The molecule has 0 aliphatic carbocycles. The highest BCUT2D eigenvalue weighted by atomic mass is 16.5. The summed E-state index contributed by atoms with van der Waals surface area (Å²) in [7, 11) is 0. The molecule has 1 aromatic heterocycles. The lowest BCUT2D eigenvalue weighted by atomic mass is 9.99. The van der Waals surface area contributed by atoms with Gasteiger partial charge in [-0.15, -0.1) is 0 Å². The van der Waals surface area contributed by atoms with E-state index in [1.165, 1.54) is 11.1 Å². The molecular weight excluding hydrogens is 336 g/mol. The number of aromatic nitrogens is 1. The first kappa shape index (κ1) is 17.5.